The van der Waals surface area contributed by atoms with Crippen LogP contribution >= 0.6 is 11.5 Å². The van der Waals surface area contributed by atoms with Crippen molar-refractivity contribution >= 4 is 23.4 Å². The van der Waals surface area contributed by atoms with Crippen molar-refractivity contribution in [3.05, 3.63) is 46.5 Å². The molecule has 0 bridgehead atoms. The van der Waals surface area contributed by atoms with Gasteiger partial charge in [0.2, 0.25) is 0 Å². The van der Waals surface area contributed by atoms with Crippen molar-refractivity contribution in [1.82, 2.24) is 19.4 Å². The fourth-order valence-corrected chi connectivity index (χ4v) is 5.20. The van der Waals surface area contributed by atoms with E-state index in [9.17, 15) is 18.0 Å². The van der Waals surface area contributed by atoms with Crippen molar-refractivity contribution in [1.29, 1.82) is 0 Å². The molecule has 7 nitrogen and oxygen atoms in total. The highest BCUT2D eigenvalue weighted by atomic mass is 32.1. The molecule has 1 amide bonds. The number of carboxylic acid groups (broad SMARTS) is 1. The van der Waals surface area contributed by atoms with E-state index < -0.39 is 12.1 Å². The molecule has 3 heterocycles. The molecule has 1 saturated carbocycles. The number of halogens is 3. The van der Waals surface area contributed by atoms with Crippen LogP contribution in [0.4, 0.5) is 13.2 Å². The number of piperidine rings is 1. The van der Waals surface area contributed by atoms with Crippen LogP contribution in [0.5, 0.6) is 0 Å². The summed E-state index contributed by atoms with van der Waals surface area (Å²) in [5, 5.41) is 12.8. The number of likely N-dealkylation sites (tertiary alicyclic amines) is 1. The van der Waals surface area contributed by atoms with Gasteiger partial charge in [0.15, 0.2) is 5.69 Å². The monoisotopic (exact) mass is 482 g/mol. The molecule has 11 heteroatoms. The summed E-state index contributed by atoms with van der Waals surface area (Å²) in [7, 11) is 0. The van der Waals surface area contributed by atoms with Crippen LogP contribution in [0.25, 0.3) is 0 Å². The molecule has 2 aromatic rings. The van der Waals surface area contributed by atoms with Crippen molar-refractivity contribution < 1.29 is 27.9 Å². The standard InChI is InChI=1S/C20H24N4OS.C2HF3O2/c25-19(18-13-26-22-21-18)24-9-7-20(8-10-24)14-23(11-15-5-6-15)12-16-3-1-2-4-17(16)20;3-2(4,5)1(6)7/h1-4,13,15H,5-12,14H2;(H,6,7). The summed E-state index contributed by atoms with van der Waals surface area (Å²) < 4.78 is 35.6. The van der Waals surface area contributed by atoms with E-state index >= 15 is 0 Å². The minimum atomic E-state index is -5.08. The molecule has 1 N–H and O–H groups in total. The van der Waals surface area contributed by atoms with Crippen LogP contribution < -0.4 is 0 Å². The lowest BCUT2D eigenvalue weighted by molar-refractivity contribution is -0.192. The molecule has 1 aromatic heterocycles. The molecule has 0 unspecified atom stereocenters. The lowest BCUT2D eigenvalue weighted by Gasteiger charge is -2.48. The third-order valence-electron chi connectivity index (χ3n) is 6.55. The third-order valence-corrected chi connectivity index (χ3v) is 7.06. The number of fused-ring (bicyclic) bond motifs is 2. The van der Waals surface area contributed by atoms with Crippen LogP contribution in [-0.4, -0.2) is 68.7 Å². The summed E-state index contributed by atoms with van der Waals surface area (Å²) >= 11 is 1.24. The van der Waals surface area contributed by atoms with E-state index in [1.54, 1.807) is 5.38 Å². The zero-order chi connectivity index (χ0) is 23.6. The van der Waals surface area contributed by atoms with E-state index in [1.165, 1.54) is 42.0 Å². The van der Waals surface area contributed by atoms with E-state index in [-0.39, 0.29) is 11.3 Å². The van der Waals surface area contributed by atoms with Gasteiger partial charge in [-0.25, -0.2) is 4.79 Å². The van der Waals surface area contributed by atoms with Crippen molar-refractivity contribution in [3.8, 4) is 0 Å². The number of aliphatic carboxylic acids is 1. The number of carbonyl (C=O) groups excluding carboxylic acids is 1. The van der Waals surface area contributed by atoms with Gasteiger partial charge in [-0.1, -0.05) is 28.8 Å². The van der Waals surface area contributed by atoms with Gasteiger partial charge in [0.05, 0.1) is 0 Å². The Morgan fingerprint density at radius 1 is 1.18 bits per heavy atom. The van der Waals surface area contributed by atoms with Crippen LogP contribution in [0.2, 0.25) is 0 Å². The highest BCUT2D eigenvalue weighted by Gasteiger charge is 2.43. The molecule has 1 aliphatic carbocycles. The predicted molar refractivity (Wildman–Crippen MR) is 115 cm³/mol. The molecule has 0 atom stereocenters. The van der Waals surface area contributed by atoms with Crippen LogP contribution in [0.15, 0.2) is 29.6 Å². The van der Waals surface area contributed by atoms with Gasteiger partial charge in [-0.3, -0.25) is 9.69 Å². The summed E-state index contributed by atoms with van der Waals surface area (Å²) in [5.74, 6) is -1.81. The quantitative estimate of drug-likeness (QED) is 0.720. The number of carboxylic acids is 1. The van der Waals surface area contributed by atoms with Gasteiger partial charge in [-0.05, 0) is 54.3 Å². The summed E-state index contributed by atoms with van der Waals surface area (Å²) in [4.78, 5) is 26.1. The average Bonchev–Trinajstić information content (AvgIpc) is 3.42. The minimum absolute atomic E-state index is 0.0348. The van der Waals surface area contributed by atoms with Crippen molar-refractivity contribution in [3.63, 3.8) is 0 Å². The summed E-state index contributed by atoms with van der Waals surface area (Å²) in [6.45, 7) is 5.08. The van der Waals surface area contributed by atoms with Crippen molar-refractivity contribution in [2.45, 2.75) is 43.8 Å². The number of nitrogens with zero attached hydrogens (tertiary/aromatic N) is 4. The third kappa shape index (κ3) is 5.52. The highest BCUT2D eigenvalue weighted by Crippen LogP contribution is 2.43. The Morgan fingerprint density at radius 2 is 1.85 bits per heavy atom. The first kappa shape index (κ1) is 23.6. The number of benzene rings is 1. The molecule has 1 spiro atoms. The van der Waals surface area contributed by atoms with Crippen molar-refractivity contribution in [2.24, 2.45) is 5.92 Å². The van der Waals surface area contributed by atoms with Gasteiger partial charge in [0.1, 0.15) is 0 Å². The Kier molecular flexibility index (Phi) is 6.71. The predicted octanol–water partition coefficient (Wildman–Crippen LogP) is 3.57. The number of carbonyl (C=O) groups is 2. The largest absolute Gasteiger partial charge is 0.490 e. The molecule has 2 fully saturated rings. The Hall–Kier alpha value is -2.53. The first-order chi connectivity index (χ1) is 15.7. The maximum atomic E-state index is 12.6. The molecular weight excluding hydrogens is 457 g/mol. The summed E-state index contributed by atoms with van der Waals surface area (Å²) in [6, 6.07) is 8.97. The first-order valence-electron chi connectivity index (χ1n) is 10.9. The van der Waals surface area contributed by atoms with E-state index in [0.717, 1.165) is 44.9 Å². The van der Waals surface area contributed by atoms with Gasteiger partial charge < -0.3 is 10.0 Å². The lowest BCUT2D eigenvalue weighted by atomic mass is 9.68. The van der Waals surface area contributed by atoms with Gasteiger partial charge in [-0.15, -0.1) is 5.10 Å². The fourth-order valence-electron chi connectivity index (χ4n) is 4.77. The molecule has 33 heavy (non-hydrogen) atoms. The Bertz CT molecular complexity index is 987. The van der Waals surface area contributed by atoms with Crippen LogP contribution in [0.1, 0.15) is 47.3 Å². The normalized spacial score (nSPS) is 20.0. The lowest BCUT2D eigenvalue weighted by Crippen LogP contribution is -2.53. The topological polar surface area (TPSA) is 86.6 Å². The first-order valence-corrected chi connectivity index (χ1v) is 11.7. The van der Waals surface area contributed by atoms with E-state index in [1.807, 2.05) is 4.90 Å². The second-order valence-corrected chi connectivity index (χ2v) is 9.55. The molecular formula is C22H25F3N4O3S. The number of hydrogen-bond acceptors (Lipinski definition) is 6. The van der Waals surface area contributed by atoms with Gasteiger partial charge in [-0.2, -0.15) is 13.2 Å². The Balaban J connectivity index is 0.000000325. The fraction of sp³-hybridized carbons (Fsp3) is 0.545. The second kappa shape index (κ2) is 9.38. The molecule has 1 saturated heterocycles. The van der Waals surface area contributed by atoms with Gasteiger partial charge in [0, 0.05) is 43.5 Å². The van der Waals surface area contributed by atoms with E-state index in [4.69, 9.17) is 9.90 Å². The van der Waals surface area contributed by atoms with E-state index in [2.05, 4.69) is 38.8 Å². The zero-order valence-electron chi connectivity index (χ0n) is 17.9. The van der Waals surface area contributed by atoms with Crippen LogP contribution in [0.3, 0.4) is 0 Å². The van der Waals surface area contributed by atoms with Crippen LogP contribution in [-0.2, 0) is 16.8 Å². The number of amides is 1. The van der Waals surface area contributed by atoms with Crippen LogP contribution in [0, 0.1) is 5.92 Å². The maximum Gasteiger partial charge on any atom is 0.490 e. The summed E-state index contributed by atoms with van der Waals surface area (Å²) in [6.07, 6.45) is -0.215. The van der Waals surface area contributed by atoms with E-state index in [0.29, 0.717) is 5.69 Å². The number of rotatable bonds is 3. The molecule has 3 aliphatic rings. The molecule has 2 aliphatic heterocycles. The number of aromatic nitrogens is 2. The van der Waals surface area contributed by atoms with Crippen molar-refractivity contribution in [2.75, 3.05) is 26.2 Å². The Labute approximate surface area is 193 Å². The second-order valence-electron chi connectivity index (χ2n) is 8.94. The summed E-state index contributed by atoms with van der Waals surface area (Å²) in [5.41, 5.74) is 3.70. The molecule has 178 valence electrons. The SMILES string of the molecule is O=C(O)C(F)(F)F.O=C(c1csnn1)N1CCC2(CC1)CN(CC1CC1)Cc1ccccc12. The zero-order valence-corrected chi connectivity index (χ0v) is 18.7. The minimum Gasteiger partial charge on any atom is -0.475 e. The number of alkyl halides is 3. The van der Waals surface area contributed by atoms with Gasteiger partial charge >= 0.3 is 12.1 Å². The average molecular weight is 483 g/mol. The number of hydrogen-bond donors (Lipinski definition) is 1. The molecule has 0 radical (unpaired) electrons. The maximum absolute atomic E-state index is 12.6. The highest BCUT2D eigenvalue weighted by molar-refractivity contribution is 7.03. The Morgan fingerprint density at radius 3 is 2.42 bits per heavy atom. The molecule has 1 aromatic carbocycles. The molecule has 5 rings (SSSR count). The smallest absolute Gasteiger partial charge is 0.475 e. The van der Waals surface area contributed by atoms with Gasteiger partial charge in [0.25, 0.3) is 5.91 Å².